The second kappa shape index (κ2) is 6.32. The molecule has 0 aromatic carbocycles. The van der Waals surface area contributed by atoms with Crippen molar-refractivity contribution in [1.82, 2.24) is 18.8 Å². The Morgan fingerprint density at radius 1 is 1.43 bits per heavy atom. The first-order valence-corrected chi connectivity index (χ1v) is 7.66. The molecule has 0 saturated carbocycles. The van der Waals surface area contributed by atoms with Crippen molar-refractivity contribution in [1.29, 1.82) is 0 Å². The molecule has 0 amide bonds. The van der Waals surface area contributed by atoms with Crippen LogP contribution in [0.1, 0.15) is 18.3 Å². The minimum Gasteiger partial charge on any atom is -0.260 e. The summed E-state index contributed by atoms with van der Waals surface area (Å²) in [4.78, 5) is 0. The standard InChI is InChI=1S/C11H19F3N4O2S/c1-8(6-15-21(19,20)17(3)4)7-18-10(11(12,13)14)5-9(2)16-18/h5,8,15H,6-7H2,1-4H3. The van der Waals surface area contributed by atoms with Crippen LogP contribution in [0, 0.1) is 12.8 Å². The predicted molar refractivity (Wildman–Crippen MR) is 71.7 cm³/mol. The van der Waals surface area contributed by atoms with Crippen LogP contribution in [0.3, 0.4) is 0 Å². The SMILES string of the molecule is Cc1cc(C(F)(F)F)n(CC(C)CNS(=O)(=O)N(C)C)n1. The molecule has 0 aliphatic rings. The fourth-order valence-corrected chi connectivity index (χ4v) is 2.40. The highest BCUT2D eigenvalue weighted by Crippen LogP contribution is 2.30. The van der Waals surface area contributed by atoms with E-state index in [9.17, 15) is 21.6 Å². The highest BCUT2D eigenvalue weighted by molar-refractivity contribution is 7.87. The first-order valence-electron chi connectivity index (χ1n) is 6.22. The van der Waals surface area contributed by atoms with E-state index < -0.39 is 22.1 Å². The van der Waals surface area contributed by atoms with Crippen molar-refractivity contribution in [3.05, 3.63) is 17.5 Å². The van der Waals surface area contributed by atoms with Gasteiger partial charge in [-0.05, 0) is 18.9 Å². The van der Waals surface area contributed by atoms with Gasteiger partial charge in [-0.2, -0.15) is 31.0 Å². The predicted octanol–water partition coefficient (Wildman–Crippen LogP) is 1.24. The minimum absolute atomic E-state index is 0.0245. The van der Waals surface area contributed by atoms with Crippen LogP contribution < -0.4 is 4.72 Å². The molecule has 1 atom stereocenters. The van der Waals surface area contributed by atoms with Crippen LogP contribution in [0.5, 0.6) is 0 Å². The van der Waals surface area contributed by atoms with E-state index in [0.717, 1.165) is 15.1 Å². The molecule has 21 heavy (non-hydrogen) atoms. The normalized spacial score (nSPS) is 14.7. The molecule has 1 N–H and O–H groups in total. The first-order chi connectivity index (χ1) is 9.43. The minimum atomic E-state index is -4.48. The van der Waals surface area contributed by atoms with Gasteiger partial charge in [0.05, 0.1) is 5.69 Å². The van der Waals surface area contributed by atoms with Crippen molar-refractivity contribution < 1.29 is 21.6 Å². The summed E-state index contributed by atoms with van der Waals surface area (Å²) in [5, 5.41) is 3.81. The number of hydrogen-bond donors (Lipinski definition) is 1. The number of nitrogens with zero attached hydrogens (tertiary/aromatic N) is 3. The zero-order valence-electron chi connectivity index (χ0n) is 12.3. The van der Waals surface area contributed by atoms with Gasteiger partial charge < -0.3 is 0 Å². The molecule has 0 aliphatic carbocycles. The number of nitrogens with one attached hydrogen (secondary N) is 1. The molecular weight excluding hydrogens is 309 g/mol. The van der Waals surface area contributed by atoms with E-state index >= 15 is 0 Å². The average Bonchev–Trinajstić information content (AvgIpc) is 2.67. The van der Waals surface area contributed by atoms with Gasteiger partial charge in [-0.1, -0.05) is 6.92 Å². The highest BCUT2D eigenvalue weighted by Gasteiger charge is 2.35. The van der Waals surface area contributed by atoms with Crippen LogP contribution in [-0.2, 0) is 22.9 Å². The number of aryl methyl sites for hydroxylation is 1. The summed E-state index contributed by atoms with van der Waals surface area (Å²) in [6, 6.07) is 0.969. The third-order valence-electron chi connectivity index (χ3n) is 2.77. The van der Waals surface area contributed by atoms with Crippen LogP contribution in [0.25, 0.3) is 0 Å². The number of alkyl halides is 3. The summed E-state index contributed by atoms with van der Waals surface area (Å²) in [5.41, 5.74) is -0.564. The van der Waals surface area contributed by atoms with Crippen molar-refractivity contribution in [2.75, 3.05) is 20.6 Å². The van der Waals surface area contributed by atoms with Gasteiger partial charge in [0.15, 0.2) is 0 Å². The molecule has 10 heteroatoms. The van der Waals surface area contributed by atoms with E-state index in [4.69, 9.17) is 0 Å². The van der Waals surface area contributed by atoms with E-state index in [0.29, 0.717) is 0 Å². The van der Waals surface area contributed by atoms with Gasteiger partial charge in [0.2, 0.25) is 0 Å². The molecule has 0 spiro atoms. The van der Waals surface area contributed by atoms with Crippen molar-refractivity contribution in [2.45, 2.75) is 26.6 Å². The summed E-state index contributed by atoms with van der Waals surface area (Å²) < 4.78 is 65.7. The van der Waals surface area contributed by atoms with Crippen LogP contribution in [0.15, 0.2) is 6.07 Å². The zero-order chi connectivity index (χ0) is 16.4. The third-order valence-corrected chi connectivity index (χ3v) is 4.26. The lowest BCUT2D eigenvalue weighted by atomic mass is 10.2. The van der Waals surface area contributed by atoms with Gasteiger partial charge in [0, 0.05) is 27.2 Å². The Labute approximate surface area is 122 Å². The average molecular weight is 328 g/mol. The number of hydrogen-bond acceptors (Lipinski definition) is 3. The second-order valence-corrected chi connectivity index (χ2v) is 7.06. The maximum absolute atomic E-state index is 12.8. The third kappa shape index (κ3) is 4.97. The number of aromatic nitrogens is 2. The maximum Gasteiger partial charge on any atom is 0.433 e. The molecule has 0 bridgehead atoms. The highest BCUT2D eigenvalue weighted by atomic mass is 32.2. The molecular formula is C11H19F3N4O2S. The van der Waals surface area contributed by atoms with Crippen molar-refractivity contribution in [3.63, 3.8) is 0 Å². The largest absolute Gasteiger partial charge is 0.433 e. The van der Waals surface area contributed by atoms with E-state index in [1.54, 1.807) is 6.92 Å². The molecule has 6 nitrogen and oxygen atoms in total. The Morgan fingerprint density at radius 2 is 2.00 bits per heavy atom. The van der Waals surface area contributed by atoms with Crippen molar-refractivity contribution in [3.8, 4) is 0 Å². The van der Waals surface area contributed by atoms with Crippen molar-refractivity contribution in [2.24, 2.45) is 5.92 Å². The molecule has 1 aromatic heterocycles. The Balaban J connectivity index is 2.74. The summed E-state index contributed by atoms with van der Waals surface area (Å²) in [5.74, 6) is -0.347. The molecule has 1 aromatic rings. The van der Waals surface area contributed by atoms with Gasteiger partial charge in [-0.3, -0.25) is 4.68 Å². The molecule has 0 fully saturated rings. The Hall–Kier alpha value is -1.13. The summed E-state index contributed by atoms with van der Waals surface area (Å²) >= 11 is 0. The van der Waals surface area contributed by atoms with E-state index in [-0.39, 0.29) is 24.7 Å². The second-order valence-electron chi connectivity index (χ2n) is 5.09. The first kappa shape index (κ1) is 17.9. The molecule has 0 aliphatic heterocycles. The Kier molecular flexibility index (Phi) is 5.40. The molecule has 1 unspecified atom stereocenters. The quantitative estimate of drug-likeness (QED) is 0.854. The lowest BCUT2D eigenvalue weighted by Gasteiger charge is -2.17. The molecule has 0 radical (unpaired) electrons. The van der Waals surface area contributed by atoms with Crippen LogP contribution in [0.4, 0.5) is 13.2 Å². The van der Waals surface area contributed by atoms with E-state index in [1.807, 2.05) is 0 Å². The van der Waals surface area contributed by atoms with Gasteiger partial charge >= 0.3 is 6.18 Å². The van der Waals surface area contributed by atoms with Gasteiger partial charge in [-0.25, -0.2) is 4.72 Å². The zero-order valence-corrected chi connectivity index (χ0v) is 13.1. The molecule has 0 saturated heterocycles. The van der Waals surface area contributed by atoms with E-state index in [2.05, 4.69) is 9.82 Å². The van der Waals surface area contributed by atoms with E-state index in [1.165, 1.54) is 21.0 Å². The molecule has 1 rings (SSSR count). The topological polar surface area (TPSA) is 67.2 Å². The molecule has 1 heterocycles. The maximum atomic E-state index is 12.8. The van der Waals surface area contributed by atoms with Gasteiger partial charge in [-0.15, -0.1) is 0 Å². The van der Waals surface area contributed by atoms with Gasteiger partial charge in [0.25, 0.3) is 10.2 Å². The summed E-state index contributed by atoms with van der Waals surface area (Å²) in [6.45, 7) is 3.12. The van der Waals surface area contributed by atoms with Gasteiger partial charge in [0.1, 0.15) is 5.69 Å². The van der Waals surface area contributed by atoms with Crippen molar-refractivity contribution >= 4 is 10.2 Å². The number of halogens is 3. The Morgan fingerprint density at radius 3 is 2.48 bits per heavy atom. The fourth-order valence-electron chi connectivity index (χ4n) is 1.65. The lowest BCUT2D eigenvalue weighted by Crippen LogP contribution is -2.38. The fraction of sp³-hybridized carbons (Fsp3) is 0.727. The monoisotopic (exact) mass is 328 g/mol. The smallest absolute Gasteiger partial charge is 0.260 e. The van der Waals surface area contributed by atoms with Crippen LogP contribution in [0.2, 0.25) is 0 Å². The lowest BCUT2D eigenvalue weighted by molar-refractivity contribution is -0.144. The summed E-state index contributed by atoms with van der Waals surface area (Å²) in [7, 11) is -0.854. The molecule has 122 valence electrons. The van der Waals surface area contributed by atoms with Crippen LogP contribution >= 0.6 is 0 Å². The van der Waals surface area contributed by atoms with Crippen LogP contribution in [-0.4, -0.2) is 43.1 Å². The summed E-state index contributed by atoms with van der Waals surface area (Å²) in [6.07, 6.45) is -4.48. The Bertz CT molecular complexity index is 581. The number of rotatable bonds is 6.